The van der Waals surface area contributed by atoms with Crippen LogP contribution in [0.5, 0.6) is 0 Å². The molecule has 0 N–H and O–H groups in total. The fraction of sp³-hybridized carbons (Fsp3) is 0.731. The summed E-state index contributed by atoms with van der Waals surface area (Å²) in [6.07, 6.45) is 4.72. The molecule has 7 atom stereocenters. The molecule has 1 aromatic rings. The van der Waals surface area contributed by atoms with Gasteiger partial charge in [0.25, 0.3) is 0 Å². The molecule has 6 rings (SSSR count). The van der Waals surface area contributed by atoms with E-state index in [1.807, 2.05) is 0 Å². The van der Waals surface area contributed by atoms with E-state index in [0.717, 1.165) is 58.5 Å². The second-order valence-corrected chi connectivity index (χ2v) is 11.1. The molecular weight excluding hydrogens is 388 g/mol. The lowest BCUT2D eigenvalue weighted by molar-refractivity contribution is -0.168. The predicted molar refractivity (Wildman–Crippen MR) is 118 cm³/mol. The second kappa shape index (κ2) is 7.29. The van der Waals surface area contributed by atoms with Crippen molar-refractivity contribution < 1.29 is 14.3 Å². The van der Waals surface area contributed by atoms with Crippen LogP contribution in [-0.4, -0.2) is 65.8 Å². The normalized spacial score (nSPS) is 44.8. The zero-order valence-electron chi connectivity index (χ0n) is 19.0. The van der Waals surface area contributed by atoms with E-state index >= 15 is 0 Å². The van der Waals surface area contributed by atoms with Crippen molar-refractivity contribution in [1.29, 1.82) is 0 Å². The van der Waals surface area contributed by atoms with Crippen LogP contribution < -0.4 is 0 Å². The molecule has 0 amide bonds. The van der Waals surface area contributed by atoms with Gasteiger partial charge in [0.15, 0.2) is 0 Å². The lowest BCUT2D eigenvalue weighted by Gasteiger charge is -2.50. The summed E-state index contributed by atoms with van der Waals surface area (Å²) in [5.41, 5.74) is 0.982. The largest absolute Gasteiger partial charge is 0.455 e. The van der Waals surface area contributed by atoms with Gasteiger partial charge in [0.1, 0.15) is 11.7 Å². The molecule has 2 saturated carbocycles. The maximum atomic E-state index is 13.2. The molecule has 0 radical (unpaired) electrons. The fourth-order valence-electron chi connectivity index (χ4n) is 7.51. The zero-order chi connectivity index (χ0) is 21.2. The van der Waals surface area contributed by atoms with Crippen molar-refractivity contribution in [2.75, 3.05) is 32.7 Å². The number of hydrogen-bond donors (Lipinski definition) is 0. The Morgan fingerprint density at radius 1 is 1.00 bits per heavy atom. The van der Waals surface area contributed by atoms with Gasteiger partial charge >= 0.3 is 5.97 Å². The van der Waals surface area contributed by atoms with Crippen molar-refractivity contribution in [2.45, 2.75) is 63.4 Å². The molecule has 5 nitrogen and oxygen atoms in total. The van der Waals surface area contributed by atoms with E-state index in [1.165, 1.54) is 12.0 Å². The number of rotatable bonds is 4. The van der Waals surface area contributed by atoms with Crippen LogP contribution in [0.4, 0.5) is 0 Å². The lowest BCUT2D eigenvalue weighted by Crippen LogP contribution is -2.58. The van der Waals surface area contributed by atoms with E-state index in [9.17, 15) is 4.79 Å². The maximum absolute atomic E-state index is 13.2. The summed E-state index contributed by atoms with van der Waals surface area (Å²) >= 11 is 0. The fourth-order valence-corrected chi connectivity index (χ4v) is 7.51. The molecule has 0 unspecified atom stereocenters. The summed E-state index contributed by atoms with van der Waals surface area (Å²) in [5.74, 6) is 1.50. The number of epoxide rings is 1. The average molecular weight is 425 g/mol. The molecule has 1 spiro atoms. The van der Waals surface area contributed by atoms with E-state index in [4.69, 9.17) is 9.47 Å². The minimum absolute atomic E-state index is 0.0159. The minimum atomic E-state index is -0.346. The number of carbonyl (C=O) groups excluding carboxylic acids is 1. The van der Waals surface area contributed by atoms with Crippen LogP contribution in [0.25, 0.3) is 0 Å². The van der Waals surface area contributed by atoms with Crippen molar-refractivity contribution >= 4 is 5.97 Å². The predicted octanol–water partition coefficient (Wildman–Crippen LogP) is 3.33. The first-order valence-electron chi connectivity index (χ1n) is 12.4. The van der Waals surface area contributed by atoms with Crippen LogP contribution >= 0.6 is 0 Å². The highest BCUT2D eigenvalue weighted by atomic mass is 16.7. The molecule has 3 saturated heterocycles. The Balaban J connectivity index is 1.13. The maximum Gasteiger partial charge on any atom is 0.311 e. The van der Waals surface area contributed by atoms with Crippen molar-refractivity contribution in [3.8, 4) is 0 Å². The quantitative estimate of drug-likeness (QED) is 0.548. The van der Waals surface area contributed by atoms with Crippen LogP contribution in [0.15, 0.2) is 30.3 Å². The average Bonchev–Trinajstić information content (AvgIpc) is 3.40. The number of fused-ring (bicyclic) bond motifs is 1. The third-order valence-electron chi connectivity index (χ3n) is 9.26. The van der Waals surface area contributed by atoms with Crippen LogP contribution in [0.2, 0.25) is 0 Å². The molecule has 31 heavy (non-hydrogen) atoms. The number of esters is 1. The van der Waals surface area contributed by atoms with Crippen LogP contribution in [-0.2, 0) is 20.8 Å². The molecule has 168 valence electrons. The summed E-state index contributed by atoms with van der Waals surface area (Å²) in [4.78, 5) is 18.3. The summed E-state index contributed by atoms with van der Waals surface area (Å²) < 4.78 is 12.6. The summed E-state index contributed by atoms with van der Waals surface area (Å²) in [6.45, 7) is 10.7. The van der Waals surface area contributed by atoms with Crippen molar-refractivity contribution in [3.05, 3.63) is 35.9 Å². The number of carbonyl (C=O) groups is 1. The molecular formula is C26H36N2O3. The smallest absolute Gasteiger partial charge is 0.311 e. The molecule has 0 aromatic heterocycles. The van der Waals surface area contributed by atoms with E-state index in [0.29, 0.717) is 17.8 Å². The zero-order valence-corrected chi connectivity index (χ0v) is 19.0. The van der Waals surface area contributed by atoms with Crippen LogP contribution in [0.1, 0.15) is 45.1 Å². The highest BCUT2D eigenvalue weighted by Crippen LogP contribution is 2.66. The standard InChI is InChI=1S/C26H36N2O3/c1-18-8-9-22-20(23(29)30-26(22)21(18)10-11-25(2)24(26)31-25)17-28-14-12-27(13-15-28)16-19-6-4-3-5-7-19/h3-7,18,20-22,24H,8-17H2,1-2H3/t18-,20+,21-,22+,24+,25-,26-/m0/s1. The number of benzene rings is 1. The number of ether oxygens (including phenoxy) is 2. The summed E-state index contributed by atoms with van der Waals surface area (Å²) in [5, 5.41) is 0. The lowest BCUT2D eigenvalue weighted by atomic mass is 9.55. The molecule has 5 aliphatic rings. The molecule has 2 aliphatic carbocycles. The van der Waals surface area contributed by atoms with Gasteiger partial charge in [-0.05, 0) is 44.1 Å². The van der Waals surface area contributed by atoms with Gasteiger partial charge in [0.2, 0.25) is 0 Å². The van der Waals surface area contributed by atoms with Crippen molar-refractivity contribution in [2.24, 2.45) is 23.7 Å². The van der Waals surface area contributed by atoms with Gasteiger partial charge in [-0.3, -0.25) is 14.6 Å². The van der Waals surface area contributed by atoms with Crippen LogP contribution in [0.3, 0.4) is 0 Å². The number of piperazine rings is 1. The Morgan fingerprint density at radius 2 is 1.74 bits per heavy atom. The van der Waals surface area contributed by atoms with Crippen LogP contribution in [0, 0.1) is 23.7 Å². The Labute approximate surface area is 186 Å². The Kier molecular flexibility index (Phi) is 4.75. The van der Waals surface area contributed by atoms with E-state index in [1.54, 1.807) is 0 Å². The first-order chi connectivity index (χ1) is 15.0. The van der Waals surface area contributed by atoms with Crippen molar-refractivity contribution in [3.63, 3.8) is 0 Å². The Bertz CT molecular complexity index is 838. The van der Waals surface area contributed by atoms with E-state index in [2.05, 4.69) is 54.0 Å². The molecule has 3 aliphatic heterocycles. The second-order valence-electron chi connectivity index (χ2n) is 11.1. The first kappa shape index (κ1) is 20.2. The van der Waals surface area contributed by atoms with Gasteiger partial charge in [-0.25, -0.2) is 0 Å². The topological polar surface area (TPSA) is 45.3 Å². The van der Waals surface area contributed by atoms with Crippen molar-refractivity contribution in [1.82, 2.24) is 9.80 Å². The molecule has 5 heteroatoms. The van der Waals surface area contributed by atoms with Gasteiger partial charge in [-0.1, -0.05) is 37.3 Å². The van der Waals surface area contributed by atoms with Gasteiger partial charge in [0, 0.05) is 51.1 Å². The molecule has 5 fully saturated rings. The van der Waals surface area contributed by atoms with Gasteiger partial charge in [-0.15, -0.1) is 0 Å². The molecule has 0 bridgehead atoms. The van der Waals surface area contributed by atoms with Gasteiger partial charge in [-0.2, -0.15) is 0 Å². The molecule has 1 aromatic carbocycles. The third-order valence-corrected chi connectivity index (χ3v) is 9.26. The Hall–Kier alpha value is -1.43. The minimum Gasteiger partial charge on any atom is -0.455 e. The van der Waals surface area contributed by atoms with Gasteiger partial charge in [0.05, 0.1) is 11.5 Å². The van der Waals surface area contributed by atoms with E-state index in [-0.39, 0.29) is 29.2 Å². The third kappa shape index (κ3) is 3.19. The van der Waals surface area contributed by atoms with E-state index < -0.39 is 0 Å². The first-order valence-corrected chi connectivity index (χ1v) is 12.4. The SMILES string of the molecule is C[C@H]1CC[C@@H]2[C@@H](CN3CCN(Cc4ccccc4)CC3)C(=O)O[C@@]23[C@H]1CC[C@]1(C)O[C@@H]31. The highest BCUT2D eigenvalue weighted by Gasteiger charge is 2.77. The monoisotopic (exact) mass is 424 g/mol. The molecule has 3 heterocycles. The highest BCUT2D eigenvalue weighted by molar-refractivity contribution is 5.77. The summed E-state index contributed by atoms with van der Waals surface area (Å²) in [6, 6.07) is 10.7. The Morgan fingerprint density at radius 3 is 2.52 bits per heavy atom. The number of nitrogens with zero attached hydrogens (tertiary/aromatic N) is 2. The number of hydrogen-bond acceptors (Lipinski definition) is 5. The summed E-state index contributed by atoms with van der Waals surface area (Å²) in [7, 11) is 0. The van der Waals surface area contributed by atoms with Gasteiger partial charge < -0.3 is 9.47 Å².